The number of carbonyl (C=O) groups excluding carboxylic acids is 2. The van der Waals surface area contributed by atoms with E-state index in [4.69, 9.17) is 22.1 Å². The molecule has 0 radical (unpaired) electrons. The summed E-state index contributed by atoms with van der Waals surface area (Å²) in [5, 5.41) is 10.4. The number of fused-ring (bicyclic) bond motifs is 1. The highest BCUT2D eigenvalue weighted by atomic mass is 35.5. The van der Waals surface area contributed by atoms with Gasteiger partial charge in [0.2, 0.25) is 5.91 Å². The summed E-state index contributed by atoms with van der Waals surface area (Å²) in [6.07, 6.45) is 0. The van der Waals surface area contributed by atoms with Gasteiger partial charge in [-0.15, -0.1) is 23.4 Å². The van der Waals surface area contributed by atoms with Crippen molar-refractivity contribution in [2.45, 2.75) is 35.9 Å². The third-order valence-corrected chi connectivity index (χ3v) is 6.38. The number of esters is 1. The molecule has 0 aliphatic carbocycles. The molecule has 2 heterocycles. The molecule has 1 aromatic rings. The van der Waals surface area contributed by atoms with Gasteiger partial charge in [-0.1, -0.05) is 0 Å². The zero-order chi connectivity index (χ0) is 18.4. The van der Waals surface area contributed by atoms with Crippen LogP contribution in [-0.4, -0.2) is 49.8 Å². The van der Waals surface area contributed by atoms with Gasteiger partial charge in [0.05, 0.1) is 9.80 Å². The normalized spacial score (nSPS) is 31.1. The molecule has 0 aromatic heterocycles. The van der Waals surface area contributed by atoms with Crippen LogP contribution in [0.25, 0.3) is 0 Å². The van der Waals surface area contributed by atoms with Crippen molar-refractivity contribution in [3.8, 4) is 0 Å². The van der Waals surface area contributed by atoms with Gasteiger partial charge in [0, 0.05) is 17.9 Å². The number of non-ortho nitro benzene ring substituents is 1. The van der Waals surface area contributed by atoms with Crippen molar-refractivity contribution in [1.82, 2.24) is 4.90 Å². The maximum Gasteiger partial charge on any atom is 0.331 e. The minimum absolute atomic E-state index is 0.0456. The second-order valence-electron chi connectivity index (χ2n) is 6.18. The largest absolute Gasteiger partial charge is 0.459 e. The standard InChI is InChI=1S/C15H16ClN3O5S/c1-15(16)7-25-13-10(17)12(20)18(13)11(15)14(21)24-6-8-2-4-9(5-3-8)19(22)23/h2-5,10-11,13H,6-7,17H2,1H3. The first-order chi connectivity index (χ1) is 11.7. The molecule has 2 aliphatic heterocycles. The lowest BCUT2D eigenvalue weighted by Crippen LogP contribution is -2.77. The molecule has 2 aliphatic rings. The van der Waals surface area contributed by atoms with E-state index in [0.29, 0.717) is 11.3 Å². The van der Waals surface area contributed by atoms with Gasteiger partial charge in [-0.05, 0) is 24.6 Å². The lowest BCUT2D eigenvalue weighted by Gasteiger charge is -2.55. The summed E-state index contributed by atoms with van der Waals surface area (Å²) >= 11 is 7.89. The van der Waals surface area contributed by atoms with Crippen LogP contribution in [0.1, 0.15) is 12.5 Å². The first-order valence-corrected chi connectivity index (χ1v) is 8.93. The van der Waals surface area contributed by atoms with Crippen molar-refractivity contribution in [1.29, 1.82) is 0 Å². The van der Waals surface area contributed by atoms with Crippen LogP contribution >= 0.6 is 23.4 Å². The number of nitrogens with zero attached hydrogens (tertiary/aromatic N) is 2. The summed E-state index contributed by atoms with van der Waals surface area (Å²) in [5.74, 6) is -0.462. The van der Waals surface area contributed by atoms with Crippen LogP contribution in [0, 0.1) is 10.1 Å². The monoisotopic (exact) mass is 385 g/mol. The van der Waals surface area contributed by atoms with Crippen LogP contribution < -0.4 is 5.73 Å². The summed E-state index contributed by atoms with van der Waals surface area (Å²) < 4.78 is 5.30. The van der Waals surface area contributed by atoms with E-state index in [2.05, 4.69) is 0 Å². The molecule has 0 spiro atoms. The smallest absolute Gasteiger partial charge is 0.331 e. The van der Waals surface area contributed by atoms with Crippen LogP contribution in [0.3, 0.4) is 0 Å². The quantitative estimate of drug-likeness (QED) is 0.272. The Kier molecular flexibility index (Phi) is 4.65. The molecular formula is C15H16ClN3O5S. The van der Waals surface area contributed by atoms with Crippen LogP contribution in [0.2, 0.25) is 0 Å². The second kappa shape index (κ2) is 6.47. The summed E-state index contributed by atoms with van der Waals surface area (Å²) in [6, 6.07) is 4.15. The number of nitro benzene ring substituents is 1. The van der Waals surface area contributed by atoms with Gasteiger partial charge >= 0.3 is 5.97 Å². The summed E-state index contributed by atoms with van der Waals surface area (Å²) in [6.45, 7) is 1.62. The van der Waals surface area contributed by atoms with Crippen LogP contribution in [0.5, 0.6) is 0 Å². The van der Waals surface area contributed by atoms with Gasteiger partial charge < -0.3 is 15.4 Å². The molecule has 2 fully saturated rings. The number of halogens is 1. The Morgan fingerprint density at radius 3 is 2.76 bits per heavy atom. The molecule has 1 aromatic carbocycles. The van der Waals surface area contributed by atoms with Crippen molar-refractivity contribution < 1.29 is 19.2 Å². The Morgan fingerprint density at radius 1 is 1.52 bits per heavy atom. The average Bonchev–Trinajstić information content (AvgIpc) is 2.58. The van der Waals surface area contributed by atoms with E-state index in [9.17, 15) is 19.7 Å². The van der Waals surface area contributed by atoms with E-state index in [-0.39, 0.29) is 23.6 Å². The number of thioether (sulfide) groups is 1. The minimum Gasteiger partial charge on any atom is -0.459 e. The highest BCUT2D eigenvalue weighted by Crippen LogP contribution is 2.44. The summed E-state index contributed by atoms with van der Waals surface area (Å²) in [7, 11) is 0. The lowest BCUT2D eigenvalue weighted by atomic mass is 9.94. The number of amides is 1. The minimum atomic E-state index is -0.955. The third-order valence-electron chi connectivity index (χ3n) is 4.26. The zero-order valence-electron chi connectivity index (χ0n) is 13.3. The van der Waals surface area contributed by atoms with E-state index in [1.807, 2.05) is 0 Å². The number of alkyl halides is 1. The molecule has 134 valence electrons. The maximum absolute atomic E-state index is 12.5. The number of β-lactam (4-membered cyclic amide) rings is 1. The number of hydrogen-bond acceptors (Lipinski definition) is 7. The van der Waals surface area contributed by atoms with Crippen LogP contribution in [-0.2, 0) is 20.9 Å². The molecule has 25 heavy (non-hydrogen) atoms. The van der Waals surface area contributed by atoms with E-state index in [1.54, 1.807) is 6.92 Å². The predicted octanol–water partition coefficient (Wildman–Crippen LogP) is 1.25. The summed E-state index contributed by atoms with van der Waals surface area (Å²) in [4.78, 5) is 35.2. The Bertz CT molecular complexity index is 726. The predicted molar refractivity (Wildman–Crippen MR) is 92.0 cm³/mol. The van der Waals surface area contributed by atoms with Crippen LogP contribution in [0.4, 0.5) is 5.69 Å². The number of carbonyl (C=O) groups is 2. The number of benzene rings is 1. The molecule has 10 heteroatoms. The Morgan fingerprint density at radius 2 is 2.16 bits per heavy atom. The maximum atomic E-state index is 12.5. The Hall–Kier alpha value is -1.84. The van der Waals surface area contributed by atoms with Gasteiger partial charge in [0.1, 0.15) is 18.0 Å². The number of ether oxygens (including phenoxy) is 1. The molecular weight excluding hydrogens is 370 g/mol. The summed E-state index contributed by atoms with van der Waals surface area (Å²) in [5.41, 5.74) is 6.32. The average molecular weight is 386 g/mol. The van der Waals surface area contributed by atoms with Crippen molar-refractivity contribution in [3.63, 3.8) is 0 Å². The molecule has 3 rings (SSSR count). The van der Waals surface area contributed by atoms with Gasteiger partial charge in [0.25, 0.3) is 5.69 Å². The third kappa shape index (κ3) is 3.19. The van der Waals surface area contributed by atoms with E-state index in [1.165, 1.54) is 40.9 Å². The molecule has 2 N–H and O–H groups in total. The number of nitro groups is 1. The zero-order valence-corrected chi connectivity index (χ0v) is 14.8. The second-order valence-corrected chi connectivity index (χ2v) is 8.15. The van der Waals surface area contributed by atoms with Crippen LogP contribution in [0.15, 0.2) is 24.3 Å². The highest BCUT2D eigenvalue weighted by molar-refractivity contribution is 8.00. The SMILES string of the molecule is CC1(Cl)CSC2C(N)C(=O)N2C1C(=O)OCc1ccc([N+](=O)[O-])cc1. The Labute approximate surface area is 152 Å². The van der Waals surface area contributed by atoms with Crippen molar-refractivity contribution >= 4 is 40.9 Å². The lowest BCUT2D eigenvalue weighted by molar-refractivity contribution is -0.384. The number of nitrogens with two attached hydrogens (primary N) is 1. The number of hydrogen-bond donors (Lipinski definition) is 1. The molecule has 1 amide bonds. The topological polar surface area (TPSA) is 116 Å². The molecule has 8 nitrogen and oxygen atoms in total. The van der Waals surface area contributed by atoms with Gasteiger partial charge in [-0.25, -0.2) is 4.79 Å². The fourth-order valence-electron chi connectivity index (χ4n) is 2.89. The number of rotatable bonds is 4. The van der Waals surface area contributed by atoms with E-state index >= 15 is 0 Å². The Balaban J connectivity index is 1.68. The first kappa shape index (κ1) is 18.0. The van der Waals surface area contributed by atoms with E-state index < -0.39 is 27.9 Å². The fourth-order valence-corrected chi connectivity index (χ4v) is 4.64. The van der Waals surface area contributed by atoms with Gasteiger partial charge in [-0.2, -0.15) is 0 Å². The van der Waals surface area contributed by atoms with Crippen molar-refractivity contribution in [2.75, 3.05) is 5.75 Å². The fraction of sp³-hybridized carbons (Fsp3) is 0.467. The molecule has 4 atom stereocenters. The highest BCUT2D eigenvalue weighted by Gasteiger charge is 2.60. The molecule has 4 unspecified atom stereocenters. The first-order valence-electron chi connectivity index (χ1n) is 7.50. The van der Waals surface area contributed by atoms with Gasteiger partial charge in [-0.3, -0.25) is 14.9 Å². The van der Waals surface area contributed by atoms with Crippen molar-refractivity contribution in [3.05, 3.63) is 39.9 Å². The van der Waals surface area contributed by atoms with Gasteiger partial charge in [0.15, 0.2) is 6.04 Å². The molecule has 0 bridgehead atoms. The van der Waals surface area contributed by atoms with Crippen molar-refractivity contribution in [2.24, 2.45) is 5.73 Å². The molecule has 0 saturated carbocycles. The van der Waals surface area contributed by atoms with E-state index in [0.717, 1.165) is 0 Å². The molecule has 2 saturated heterocycles.